The van der Waals surface area contributed by atoms with Gasteiger partial charge in [-0.1, -0.05) is 0 Å². The Labute approximate surface area is 112 Å². The van der Waals surface area contributed by atoms with Gasteiger partial charge in [0.2, 0.25) is 0 Å². The van der Waals surface area contributed by atoms with E-state index in [0.29, 0.717) is 11.1 Å². The second-order valence-electron chi connectivity index (χ2n) is 4.94. The molecule has 0 atom stereocenters. The highest BCUT2D eigenvalue weighted by Crippen LogP contribution is 2.12. The maximum absolute atomic E-state index is 13.2. The molecule has 1 aromatic carbocycles. The smallest absolute Gasteiger partial charge is 0.168 e. The van der Waals surface area contributed by atoms with Gasteiger partial charge in [0.25, 0.3) is 0 Å². The van der Waals surface area contributed by atoms with E-state index in [1.807, 2.05) is 30.8 Å². The summed E-state index contributed by atoms with van der Waals surface area (Å²) in [5, 5.41) is 4.34. The normalized spacial score (nSPS) is 11.0. The predicted octanol–water partition coefficient (Wildman–Crippen LogP) is 3.34. The summed E-state index contributed by atoms with van der Waals surface area (Å²) in [5.41, 5.74) is 1.75. The number of benzene rings is 1. The van der Waals surface area contributed by atoms with E-state index in [1.165, 1.54) is 12.1 Å². The van der Waals surface area contributed by atoms with Gasteiger partial charge in [-0.3, -0.25) is 9.48 Å². The van der Waals surface area contributed by atoms with Crippen LogP contribution in [0.1, 0.15) is 41.5 Å². The monoisotopic (exact) mass is 260 g/mol. The zero-order chi connectivity index (χ0) is 14.0. The average molecular weight is 260 g/mol. The number of aryl methyl sites for hydroxylation is 1. The van der Waals surface area contributed by atoms with Gasteiger partial charge in [-0.15, -0.1) is 0 Å². The first-order valence-corrected chi connectivity index (χ1v) is 6.30. The number of hydrogen-bond acceptors (Lipinski definition) is 2. The molecule has 2 aromatic rings. The fourth-order valence-electron chi connectivity index (χ4n) is 1.84. The Hall–Kier alpha value is -1.97. The molecule has 0 aliphatic rings. The number of Topliss-reactive ketones (excluding diaryl/α,β-unsaturated/α-hetero) is 1. The van der Waals surface area contributed by atoms with Gasteiger partial charge < -0.3 is 0 Å². The molecule has 0 radical (unpaired) electrons. The largest absolute Gasteiger partial charge is 0.294 e. The van der Waals surface area contributed by atoms with Crippen LogP contribution in [0.4, 0.5) is 4.39 Å². The Balaban J connectivity index is 2.13. The fraction of sp³-hybridized carbons (Fsp3) is 0.333. The lowest BCUT2D eigenvalue weighted by atomic mass is 10.0. The van der Waals surface area contributed by atoms with E-state index in [-0.39, 0.29) is 24.1 Å². The SMILES string of the molecule is Cc1cc(C(=O)Cc2ccn(C(C)C)n2)ccc1F. The third kappa shape index (κ3) is 3.08. The molecule has 0 saturated carbocycles. The molecule has 0 fully saturated rings. The molecule has 1 aromatic heterocycles. The molecule has 3 nitrogen and oxygen atoms in total. The van der Waals surface area contributed by atoms with Gasteiger partial charge in [-0.05, 0) is 50.6 Å². The first-order chi connectivity index (χ1) is 8.97. The van der Waals surface area contributed by atoms with Crippen molar-refractivity contribution in [3.8, 4) is 0 Å². The van der Waals surface area contributed by atoms with Crippen molar-refractivity contribution in [3.63, 3.8) is 0 Å². The summed E-state index contributed by atoms with van der Waals surface area (Å²) in [5.74, 6) is -0.335. The molecule has 19 heavy (non-hydrogen) atoms. The maximum Gasteiger partial charge on any atom is 0.168 e. The van der Waals surface area contributed by atoms with E-state index >= 15 is 0 Å². The van der Waals surface area contributed by atoms with Gasteiger partial charge in [0.1, 0.15) is 5.82 Å². The summed E-state index contributed by atoms with van der Waals surface area (Å²) in [7, 11) is 0. The maximum atomic E-state index is 13.2. The zero-order valence-corrected chi connectivity index (χ0v) is 11.4. The number of halogens is 1. The second kappa shape index (κ2) is 5.34. The zero-order valence-electron chi connectivity index (χ0n) is 11.4. The number of ketones is 1. The molecule has 100 valence electrons. The summed E-state index contributed by atoms with van der Waals surface area (Å²) < 4.78 is 15.0. The van der Waals surface area contributed by atoms with Gasteiger partial charge in [0.05, 0.1) is 12.1 Å². The molecular formula is C15H17FN2O. The minimum absolute atomic E-state index is 0.0443. The highest BCUT2D eigenvalue weighted by Gasteiger charge is 2.11. The standard InChI is InChI=1S/C15H17FN2O/c1-10(2)18-7-6-13(17-18)9-15(19)12-4-5-14(16)11(3)8-12/h4-8,10H,9H2,1-3H3. The van der Waals surface area contributed by atoms with Crippen molar-refractivity contribution >= 4 is 5.78 Å². The van der Waals surface area contributed by atoms with Crippen LogP contribution in [0, 0.1) is 12.7 Å². The number of carbonyl (C=O) groups is 1. The highest BCUT2D eigenvalue weighted by atomic mass is 19.1. The van der Waals surface area contributed by atoms with E-state index in [1.54, 1.807) is 13.0 Å². The molecule has 0 amide bonds. The molecule has 2 rings (SSSR count). The van der Waals surface area contributed by atoms with Crippen LogP contribution in [0.25, 0.3) is 0 Å². The molecule has 0 aliphatic heterocycles. The number of hydrogen-bond donors (Lipinski definition) is 0. The van der Waals surface area contributed by atoms with Crippen LogP contribution in [0.5, 0.6) is 0 Å². The minimum Gasteiger partial charge on any atom is -0.294 e. The van der Waals surface area contributed by atoms with Crippen molar-refractivity contribution in [2.75, 3.05) is 0 Å². The molecule has 0 bridgehead atoms. The lowest BCUT2D eigenvalue weighted by molar-refractivity contribution is 0.0991. The highest BCUT2D eigenvalue weighted by molar-refractivity contribution is 5.97. The second-order valence-corrected chi connectivity index (χ2v) is 4.94. The van der Waals surface area contributed by atoms with Crippen molar-refractivity contribution in [1.29, 1.82) is 0 Å². The predicted molar refractivity (Wildman–Crippen MR) is 71.8 cm³/mol. The fourth-order valence-corrected chi connectivity index (χ4v) is 1.84. The molecule has 1 heterocycles. The number of rotatable bonds is 4. The van der Waals surface area contributed by atoms with Crippen molar-refractivity contribution < 1.29 is 9.18 Å². The molecule has 0 unspecified atom stereocenters. The molecule has 4 heteroatoms. The number of carbonyl (C=O) groups excluding carboxylic acids is 1. The van der Waals surface area contributed by atoms with E-state index in [9.17, 15) is 9.18 Å². The third-order valence-corrected chi connectivity index (χ3v) is 3.01. The molecule has 0 N–H and O–H groups in total. The molecule has 0 saturated heterocycles. The number of nitrogens with zero attached hydrogens (tertiary/aromatic N) is 2. The van der Waals surface area contributed by atoms with E-state index < -0.39 is 0 Å². The van der Waals surface area contributed by atoms with Crippen LogP contribution in [0.2, 0.25) is 0 Å². The molecule has 0 spiro atoms. The van der Waals surface area contributed by atoms with Crippen molar-refractivity contribution in [2.24, 2.45) is 0 Å². The van der Waals surface area contributed by atoms with Gasteiger partial charge in [0.15, 0.2) is 5.78 Å². The lowest BCUT2D eigenvalue weighted by Gasteiger charge is -2.04. The number of aromatic nitrogens is 2. The van der Waals surface area contributed by atoms with Crippen LogP contribution >= 0.6 is 0 Å². The Bertz CT molecular complexity index is 602. The van der Waals surface area contributed by atoms with Gasteiger partial charge in [0, 0.05) is 17.8 Å². The van der Waals surface area contributed by atoms with E-state index in [0.717, 1.165) is 5.69 Å². The van der Waals surface area contributed by atoms with Crippen molar-refractivity contribution in [2.45, 2.75) is 33.2 Å². The van der Waals surface area contributed by atoms with E-state index in [4.69, 9.17) is 0 Å². The quantitative estimate of drug-likeness (QED) is 0.790. The van der Waals surface area contributed by atoms with Crippen LogP contribution in [0.15, 0.2) is 30.5 Å². The van der Waals surface area contributed by atoms with Gasteiger partial charge in [-0.2, -0.15) is 5.10 Å². The van der Waals surface area contributed by atoms with Crippen LogP contribution in [-0.4, -0.2) is 15.6 Å². The summed E-state index contributed by atoms with van der Waals surface area (Å²) in [6, 6.07) is 6.54. The van der Waals surface area contributed by atoms with Crippen molar-refractivity contribution in [1.82, 2.24) is 9.78 Å². The molecular weight excluding hydrogens is 243 g/mol. The van der Waals surface area contributed by atoms with Crippen LogP contribution in [-0.2, 0) is 6.42 Å². The van der Waals surface area contributed by atoms with Gasteiger partial charge >= 0.3 is 0 Å². The lowest BCUT2D eigenvalue weighted by Crippen LogP contribution is -2.07. The van der Waals surface area contributed by atoms with Crippen LogP contribution < -0.4 is 0 Å². The average Bonchev–Trinajstić information content (AvgIpc) is 2.81. The van der Waals surface area contributed by atoms with Gasteiger partial charge in [-0.25, -0.2) is 4.39 Å². The first-order valence-electron chi connectivity index (χ1n) is 6.30. The summed E-state index contributed by atoms with van der Waals surface area (Å²) in [6.07, 6.45) is 2.11. The summed E-state index contributed by atoms with van der Waals surface area (Å²) in [4.78, 5) is 12.1. The summed E-state index contributed by atoms with van der Waals surface area (Å²) >= 11 is 0. The molecule has 0 aliphatic carbocycles. The van der Waals surface area contributed by atoms with Crippen molar-refractivity contribution in [3.05, 3.63) is 53.1 Å². The Morgan fingerprint density at radius 3 is 2.68 bits per heavy atom. The Morgan fingerprint density at radius 2 is 2.11 bits per heavy atom. The third-order valence-electron chi connectivity index (χ3n) is 3.01. The van der Waals surface area contributed by atoms with Crippen LogP contribution in [0.3, 0.4) is 0 Å². The van der Waals surface area contributed by atoms with E-state index in [2.05, 4.69) is 5.10 Å². The minimum atomic E-state index is -0.291. The first kappa shape index (κ1) is 13.5. The Morgan fingerprint density at radius 1 is 1.37 bits per heavy atom. The topological polar surface area (TPSA) is 34.9 Å². The summed E-state index contributed by atoms with van der Waals surface area (Å²) in [6.45, 7) is 5.71. The Kier molecular flexibility index (Phi) is 3.79.